The van der Waals surface area contributed by atoms with Crippen molar-refractivity contribution in [3.8, 4) is 0 Å². The number of carbonyl (C=O) groups excluding carboxylic acids is 2. The Balaban J connectivity index is 1.68. The van der Waals surface area contributed by atoms with Crippen molar-refractivity contribution in [1.29, 1.82) is 0 Å². The first-order chi connectivity index (χ1) is 12.8. The Hall–Kier alpha value is -2.97. The maximum Gasteiger partial charge on any atom is 0.349 e. The van der Waals surface area contributed by atoms with Crippen LogP contribution in [0.4, 0.5) is 11.4 Å². The van der Waals surface area contributed by atoms with Gasteiger partial charge in [-0.25, -0.2) is 4.79 Å². The molecule has 9 heteroatoms. The van der Waals surface area contributed by atoms with Crippen molar-refractivity contribution in [2.24, 2.45) is 0 Å². The molecule has 0 fully saturated rings. The average molecular weight is 405 g/mol. The number of benzene rings is 2. The number of halogens is 1. The maximum atomic E-state index is 12.3. The summed E-state index contributed by atoms with van der Waals surface area (Å²) in [5.74, 6) is -1.15. The Labute approximate surface area is 162 Å². The zero-order valence-corrected chi connectivity index (χ0v) is 15.5. The fraction of sp³-hybridized carbons (Fsp3) is 0.111. The number of hydrogen-bond acceptors (Lipinski definition) is 6. The number of ether oxygens (including phenoxy) is 1. The molecule has 0 unspecified atom stereocenters. The number of nitrogens with zero attached hydrogens (tertiary/aromatic N) is 1. The van der Waals surface area contributed by atoms with Crippen molar-refractivity contribution < 1.29 is 19.2 Å². The first-order valence-electron chi connectivity index (χ1n) is 7.79. The number of amides is 1. The van der Waals surface area contributed by atoms with Gasteiger partial charge in [0.25, 0.3) is 11.6 Å². The largest absolute Gasteiger partial charge is 0.448 e. The SMILES string of the molecule is C[C@H](OC(=O)c1cc2cc([N+](=O)[O-])ccc2s1)C(=O)Nc1ccc(Cl)cc1. The summed E-state index contributed by atoms with van der Waals surface area (Å²) in [4.78, 5) is 35.1. The number of rotatable bonds is 5. The summed E-state index contributed by atoms with van der Waals surface area (Å²) in [7, 11) is 0. The van der Waals surface area contributed by atoms with Crippen LogP contribution in [0.3, 0.4) is 0 Å². The first-order valence-corrected chi connectivity index (χ1v) is 8.98. The van der Waals surface area contributed by atoms with Crippen LogP contribution in [0.1, 0.15) is 16.6 Å². The Morgan fingerprint density at radius 3 is 2.56 bits per heavy atom. The second-order valence-corrected chi connectivity index (χ2v) is 7.15. The molecule has 0 aliphatic rings. The van der Waals surface area contributed by atoms with E-state index in [1.54, 1.807) is 30.3 Å². The van der Waals surface area contributed by atoms with Gasteiger partial charge in [0.15, 0.2) is 6.10 Å². The molecule has 138 valence electrons. The highest BCUT2D eigenvalue weighted by atomic mass is 35.5. The van der Waals surface area contributed by atoms with Crippen molar-refractivity contribution in [1.82, 2.24) is 0 Å². The van der Waals surface area contributed by atoms with Crippen LogP contribution < -0.4 is 5.32 Å². The van der Waals surface area contributed by atoms with E-state index in [9.17, 15) is 19.7 Å². The van der Waals surface area contributed by atoms with Crippen LogP contribution in [0.5, 0.6) is 0 Å². The number of non-ortho nitro benzene ring substituents is 1. The van der Waals surface area contributed by atoms with Crippen LogP contribution in [-0.2, 0) is 9.53 Å². The topological polar surface area (TPSA) is 98.5 Å². The zero-order chi connectivity index (χ0) is 19.6. The van der Waals surface area contributed by atoms with Crippen LogP contribution in [0, 0.1) is 10.1 Å². The van der Waals surface area contributed by atoms with Crippen molar-refractivity contribution in [2.75, 3.05) is 5.32 Å². The van der Waals surface area contributed by atoms with E-state index < -0.39 is 22.9 Å². The number of thiophene rings is 1. The molecule has 0 aliphatic carbocycles. The van der Waals surface area contributed by atoms with E-state index in [4.69, 9.17) is 16.3 Å². The van der Waals surface area contributed by atoms with Crippen molar-refractivity contribution >= 4 is 56.3 Å². The van der Waals surface area contributed by atoms with Gasteiger partial charge in [0.2, 0.25) is 0 Å². The van der Waals surface area contributed by atoms with E-state index in [2.05, 4.69) is 5.32 Å². The van der Waals surface area contributed by atoms with Gasteiger partial charge in [-0.1, -0.05) is 11.6 Å². The molecule has 3 aromatic rings. The molecule has 2 aromatic carbocycles. The molecule has 0 saturated carbocycles. The first kappa shape index (κ1) is 18.8. The summed E-state index contributed by atoms with van der Waals surface area (Å²) in [5, 5.41) is 14.6. The number of carbonyl (C=O) groups is 2. The van der Waals surface area contributed by atoms with Gasteiger partial charge >= 0.3 is 5.97 Å². The van der Waals surface area contributed by atoms with Gasteiger partial charge in [0, 0.05) is 32.9 Å². The number of esters is 1. The van der Waals surface area contributed by atoms with Gasteiger partial charge in [0.05, 0.1) is 4.92 Å². The predicted molar refractivity (Wildman–Crippen MR) is 103 cm³/mol. The molecule has 1 N–H and O–H groups in total. The number of nitro groups is 1. The highest BCUT2D eigenvalue weighted by molar-refractivity contribution is 7.20. The van der Waals surface area contributed by atoms with Gasteiger partial charge in [-0.3, -0.25) is 14.9 Å². The van der Waals surface area contributed by atoms with E-state index in [1.165, 1.54) is 25.1 Å². The molecule has 1 heterocycles. The summed E-state index contributed by atoms with van der Waals surface area (Å²) in [6.45, 7) is 1.46. The minimum Gasteiger partial charge on any atom is -0.448 e. The molecule has 3 rings (SSSR count). The Kier molecular flexibility index (Phi) is 5.38. The maximum absolute atomic E-state index is 12.3. The summed E-state index contributed by atoms with van der Waals surface area (Å²) in [6, 6.07) is 12.4. The van der Waals surface area contributed by atoms with Gasteiger partial charge < -0.3 is 10.1 Å². The molecule has 0 spiro atoms. The van der Waals surface area contributed by atoms with Crippen molar-refractivity contribution in [3.63, 3.8) is 0 Å². The fourth-order valence-corrected chi connectivity index (χ4v) is 3.35. The lowest BCUT2D eigenvalue weighted by Crippen LogP contribution is -2.29. The third-order valence-corrected chi connectivity index (χ3v) is 5.02. The second kappa shape index (κ2) is 7.73. The zero-order valence-electron chi connectivity index (χ0n) is 14.0. The lowest BCUT2D eigenvalue weighted by Gasteiger charge is -2.13. The molecular formula is C18H13ClN2O5S. The standard InChI is InChI=1S/C18H13ClN2O5S/c1-10(17(22)20-13-4-2-12(19)3-5-13)26-18(23)16-9-11-8-14(21(24)25)6-7-15(11)27-16/h2-10H,1H3,(H,20,22)/t10-/m0/s1. The Morgan fingerprint density at radius 2 is 1.89 bits per heavy atom. The van der Waals surface area contributed by atoms with E-state index in [0.29, 0.717) is 20.8 Å². The predicted octanol–water partition coefficient (Wildman–Crippen LogP) is 4.65. The number of hydrogen-bond donors (Lipinski definition) is 1. The number of anilines is 1. The van der Waals surface area contributed by atoms with Gasteiger partial charge in [-0.2, -0.15) is 0 Å². The highest BCUT2D eigenvalue weighted by Crippen LogP contribution is 2.29. The molecule has 27 heavy (non-hydrogen) atoms. The third kappa shape index (κ3) is 4.42. The molecule has 1 aromatic heterocycles. The van der Waals surface area contributed by atoms with Crippen LogP contribution in [0.2, 0.25) is 5.02 Å². The number of nitro benzene ring substituents is 1. The molecule has 0 aliphatic heterocycles. The average Bonchev–Trinajstić information content (AvgIpc) is 3.06. The number of fused-ring (bicyclic) bond motifs is 1. The van der Waals surface area contributed by atoms with Gasteiger partial charge in [-0.15, -0.1) is 11.3 Å². The van der Waals surface area contributed by atoms with Crippen molar-refractivity contribution in [2.45, 2.75) is 13.0 Å². The molecule has 0 saturated heterocycles. The van der Waals surface area contributed by atoms with Gasteiger partial charge in [0.1, 0.15) is 4.88 Å². The molecule has 0 bridgehead atoms. The quantitative estimate of drug-likeness (QED) is 0.379. The normalized spacial score (nSPS) is 11.8. The number of nitrogens with one attached hydrogen (secondary N) is 1. The highest BCUT2D eigenvalue weighted by Gasteiger charge is 2.21. The molecular weight excluding hydrogens is 392 g/mol. The van der Waals surface area contributed by atoms with Crippen LogP contribution >= 0.6 is 22.9 Å². The van der Waals surface area contributed by atoms with Gasteiger partial charge in [-0.05, 0) is 43.3 Å². The minimum atomic E-state index is -1.02. The Bertz CT molecular complexity index is 1030. The summed E-state index contributed by atoms with van der Waals surface area (Å²) in [6.07, 6.45) is -1.02. The van der Waals surface area contributed by atoms with E-state index in [1.807, 2.05) is 0 Å². The van der Waals surface area contributed by atoms with E-state index >= 15 is 0 Å². The smallest absolute Gasteiger partial charge is 0.349 e. The van der Waals surface area contributed by atoms with E-state index in [-0.39, 0.29) is 10.6 Å². The fourth-order valence-electron chi connectivity index (χ4n) is 2.29. The monoisotopic (exact) mass is 404 g/mol. The Morgan fingerprint density at radius 1 is 1.19 bits per heavy atom. The molecule has 0 radical (unpaired) electrons. The summed E-state index contributed by atoms with van der Waals surface area (Å²) >= 11 is 6.93. The van der Waals surface area contributed by atoms with Crippen molar-refractivity contribution in [3.05, 3.63) is 68.5 Å². The minimum absolute atomic E-state index is 0.0593. The third-order valence-electron chi connectivity index (χ3n) is 3.68. The molecule has 7 nitrogen and oxygen atoms in total. The van der Waals surface area contributed by atoms with Crippen LogP contribution in [0.25, 0.3) is 10.1 Å². The lowest BCUT2D eigenvalue weighted by molar-refractivity contribution is -0.384. The van der Waals surface area contributed by atoms with Crippen LogP contribution in [0.15, 0.2) is 48.5 Å². The summed E-state index contributed by atoms with van der Waals surface area (Å²) < 4.78 is 5.91. The van der Waals surface area contributed by atoms with E-state index in [0.717, 1.165) is 11.3 Å². The lowest BCUT2D eigenvalue weighted by atomic mass is 10.2. The second-order valence-electron chi connectivity index (χ2n) is 5.63. The van der Waals surface area contributed by atoms with Crippen LogP contribution in [-0.4, -0.2) is 22.9 Å². The molecule has 1 atom stereocenters. The molecule has 1 amide bonds. The summed E-state index contributed by atoms with van der Waals surface area (Å²) in [5.41, 5.74) is 0.470.